The van der Waals surface area contributed by atoms with Gasteiger partial charge in [0.25, 0.3) is 0 Å². The molecule has 6 rings (SSSR count). The van der Waals surface area contributed by atoms with Crippen molar-refractivity contribution in [1.29, 1.82) is 0 Å². The molecule has 0 aliphatic carbocycles. The highest BCUT2D eigenvalue weighted by Crippen LogP contribution is 2.33. The summed E-state index contributed by atoms with van der Waals surface area (Å²) < 4.78 is 24.0. The molecule has 1 saturated heterocycles. The lowest BCUT2D eigenvalue weighted by Gasteiger charge is -2.38. The summed E-state index contributed by atoms with van der Waals surface area (Å²) in [4.78, 5) is 34.4. The fourth-order valence-corrected chi connectivity index (χ4v) is 5.91. The van der Waals surface area contributed by atoms with Gasteiger partial charge in [0.2, 0.25) is 11.8 Å². The maximum atomic E-state index is 13.3. The molecule has 11 nitrogen and oxygen atoms in total. The number of ether oxygens (including phenoxy) is 3. The van der Waals surface area contributed by atoms with Crippen molar-refractivity contribution in [1.82, 2.24) is 25.3 Å². The van der Waals surface area contributed by atoms with E-state index in [1.54, 1.807) is 24.4 Å². The number of benzene rings is 2. The van der Waals surface area contributed by atoms with Crippen molar-refractivity contribution in [2.75, 3.05) is 33.3 Å². The van der Waals surface area contributed by atoms with Crippen molar-refractivity contribution < 1.29 is 28.3 Å². The smallest absolute Gasteiger partial charge is 0.239 e. The lowest BCUT2D eigenvalue weighted by Crippen LogP contribution is -2.56. The summed E-state index contributed by atoms with van der Waals surface area (Å²) in [6, 6.07) is 18.9. The van der Waals surface area contributed by atoms with Crippen LogP contribution in [0.1, 0.15) is 36.7 Å². The molecule has 46 heavy (non-hydrogen) atoms. The summed E-state index contributed by atoms with van der Waals surface area (Å²) in [6.07, 6.45) is 4.65. The Morgan fingerprint density at radius 3 is 2.78 bits per heavy atom. The van der Waals surface area contributed by atoms with Gasteiger partial charge in [-0.2, -0.15) is 0 Å². The van der Waals surface area contributed by atoms with Crippen molar-refractivity contribution in [2.45, 2.75) is 51.5 Å². The number of hydrogen-bond acceptors (Lipinski definition) is 9. The van der Waals surface area contributed by atoms with Crippen LogP contribution in [-0.2, 0) is 33.9 Å². The number of amides is 2. The number of aromatic nitrogens is 2. The number of hydrogen-bond donors (Lipinski definition) is 1. The zero-order chi connectivity index (χ0) is 31.9. The number of piperidine rings is 1. The minimum atomic E-state index is -0.301. The minimum Gasteiger partial charge on any atom is -0.493 e. The molecule has 4 aromatic rings. The zero-order valence-electron chi connectivity index (χ0n) is 26.2. The van der Waals surface area contributed by atoms with Crippen molar-refractivity contribution in [2.24, 2.45) is 0 Å². The van der Waals surface area contributed by atoms with Crippen molar-refractivity contribution in [3.63, 3.8) is 0 Å². The first kappa shape index (κ1) is 31.3. The molecule has 0 unspecified atom stereocenters. The molecule has 4 bridgehead atoms. The van der Waals surface area contributed by atoms with Gasteiger partial charge in [-0.3, -0.25) is 19.5 Å². The Hall–Kier alpha value is -4.74. The topological polar surface area (TPSA) is 119 Å². The van der Waals surface area contributed by atoms with Gasteiger partial charge in [0.15, 0.2) is 17.3 Å². The third kappa shape index (κ3) is 7.72. The van der Waals surface area contributed by atoms with Gasteiger partial charge >= 0.3 is 0 Å². The van der Waals surface area contributed by atoms with Gasteiger partial charge < -0.3 is 29.0 Å². The van der Waals surface area contributed by atoms with Gasteiger partial charge in [-0.25, -0.2) is 0 Å². The molecule has 0 spiro atoms. The second kappa shape index (κ2) is 14.6. The monoisotopic (exact) mass is 625 g/mol. The van der Waals surface area contributed by atoms with Crippen LogP contribution in [0.5, 0.6) is 17.2 Å². The van der Waals surface area contributed by atoms with E-state index in [0.717, 1.165) is 34.7 Å². The third-order valence-electron chi connectivity index (χ3n) is 8.40. The first-order valence-electron chi connectivity index (χ1n) is 15.7. The van der Waals surface area contributed by atoms with Crippen molar-refractivity contribution in [3.8, 4) is 28.5 Å². The molecule has 11 heteroatoms. The van der Waals surface area contributed by atoms with Crippen LogP contribution in [0.25, 0.3) is 11.3 Å². The summed E-state index contributed by atoms with van der Waals surface area (Å²) in [6.45, 7) is 4.50. The molecule has 2 aliphatic rings. The number of carbonyl (C=O) groups excluding carboxylic acids is 2. The van der Waals surface area contributed by atoms with Crippen LogP contribution in [0, 0.1) is 0 Å². The molecule has 2 amide bonds. The number of rotatable bonds is 5. The van der Waals surface area contributed by atoms with Crippen LogP contribution in [0.2, 0.25) is 0 Å². The maximum Gasteiger partial charge on any atom is 0.239 e. The number of fused-ring (bicyclic) bond motifs is 5. The number of nitrogens with one attached hydrogen (secondary N) is 1. The van der Waals surface area contributed by atoms with Crippen molar-refractivity contribution >= 4 is 11.8 Å². The molecule has 0 radical (unpaired) electrons. The second-order valence-corrected chi connectivity index (χ2v) is 11.6. The standard InChI is InChI=1S/C35H39N5O6/c1-3-40-22-34(41)37-29-13-15-39(20-28-18-30(38-46-28)26-7-5-14-36-19-26)21-33(29)44-23-25-6-4-8-27(16-25)45-32-17-24(10-12-35(40)42)9-11-31(32)43-2/h4-9,11,14,16-19,29,33H,3,10,12-13,15,20-23H2,1-2H3,(H,37,41)/t29-,33-/m0/s1. The second-order valence-electron chi connectivity index (χ2n) is 11.6. The van der Waals surface area contributed by atoms with Crippen LogP contribution >= 0.6 is 0 Å². The molecule has 240 valence electrons. The van der Waals surface area contributed by atoms with E-state index >= 15 is 0 Å². The highest BCUT2D eigenvalue weighted by atomic mass is 16.5. The van der Waals surface area contributed by atoms with Crippen LogP contribution in [0.3, 0.4) is 0 Å². The summed E-state index contributed by atoms with van der Waals surface area (Å²) in [7, 11) is 1.60. The quantitative estimate of drug-likeness (QED) is 0.339. The van der Waals surface area contributed by atoms with Crippen molar-refractivity contribution in [3.05, 3.63) is 89.9 Å². The number of pyridine rings is 1. The minimum absolute atomic E-state index is 0.00350. The van der Waals surface area contributed by atoms with Gasteiger partial charge in [-0.05, 0) is 67.3 Å². The van der Waals surface area contributed by atoms with Crippen LogP contribution < -0.4 is 14.8 Å². The molecule has 4 heterocycles. The highest BCUT2D eigenvalue weighted by Gasteiger charge is 2.32. The van der Waals surface area contributed by atoms with Gasteiger partial charge in [0.1, 0.15) is 11.4 Å². The predicted octanol–water partition coefficient (Wildman–Crippen LogP) is 4.61. The van der Waals surface area contributed by atoms with E-state index in [-0.39, 0.29) is 36.9 Å². The molecule has 0 saturated carbocycles. The molecule has 2 atom stereocenters. The fourth-order valence-electron chi connectivity index (χ4n) is 5.91. The summed E-state index contributed by atoms with van der Waals surface area (Å²) >= 11 is 0. The molecular formula is C35H39N5O6. The van der Waals surface area contributed by atoms with E-state index in [9.17, 15) is 9.59 Å². The molecular weight excluding hydrogens is 586 g/mol. The van der Waals surface area contributed by atoms with E-state index < -0.39 is 0 Å². The number of likely N-dealkylation sites (tertiary alicyclic amines) is 1. The van der Waals surface area contributed by atoms with E-state index in [4.69, 9.17) is 18.7 Å². The Morgan fingerprint density at radius 1 is 1.04 bits per heavy atom. The fraction of sp³-hybridized carbons (Fsp3) is 0.371. The number of carbonyl (C=O) groups is 2. The van der Waals surface area contributed by atoms with E-state index in [2.05, 4.69) is 20.4 Å². The van der Waals surface area contributed by atoms with Crippen LogP contribution in [-0.4, -0.2) is 77.2 Å². The van der Waals surface area contributed by atoms with Gasteiger partial charge in [-0.1, -0.05) is 23.4 Å². The first-order chi connectivity index (χ1) is 22.5. The molecule has 2 aliphatic heterocycles. The predicted molar refractivity (Wildman–Crippen MR) is 170 cm³/mol. The Bertz CT molecular complexity index is 1640. The third-order valence-corrected chi connectivity index (χ3v) is 8.40. The molecule has 1 N–H and O–H groups in total. The van der Waals surface area contributed by atoms with E-state index in [1.165, 1.54) is 0 Å². The summed E-state index contributed by atoms with van der Waals surface area (Å²) in [5, 5.41) is 7.41. The zero-order valence-corrected chi connectivity index (χ0v) is 26.2. The average molecular weight is 626 g/mol. The number of nitrogens with zero attached hydrogens (tertiary/aromatic N) is 4. The highest BCUT2D eigenvalue weighted by molar-refractivity contribution is 5.85. The summed E-state index contributed by atoms with van der Waals surface area (Å²) in [5.41, 5.74) is 3.51. The normalized spacial score (nSPS) is 19.7. The number of methoxy groups -OCH3 is 1. The van der Waals surface area contributed by atoms with Gasteiger partial charge in [0, 0.05) is 50.1 Å². The largest absolute Gasteiger partial charge is 0.493 e. The summed E-state index contributed by atoms with van der Waals surface area (Å²) in [5.74, 6) is 2.29. The van der Waals surface area contributed by atoms with Gasteiger partial charge in [0.05, 0.1) is 39.0 Å². The lowest BCUT2D eigenvalue weighted by molar-refractivity contribution is -0.136. The maximum absolute atomic E-state index is 13.3. The van der Waals surface area contributed by atoms with Crippen LogP contribution in [0.15, 0.2) is 77.6 Å². The average Bonchev–Trinajstić information content (AvgIpc) is 3.55. The first-order valence-corrected chi connectivity index (χ1v) is 15.7. The van der Waals surface area contributed by atoms with Crippen LogP contribution in [0.4, 0.5) is 0 Å². The van der Waals surface area contributed by atoms with E-state index in [0.29, 0.717) is 56.3 Å². The number of likely N-dealkylation sites (N-methyl/N-ethyl adjacent to an activating group) is 1. The Kier molecular flexibility index (Phi) is 9.90. The Balaban J connectivity index is 1.22. The number of aryl methyl sites for hydroxylation is 1. The molecule has 2 aromatic heterocycles. The Morgan fingerprint density at radius 2 is 1.96 bits per heavy atom. The molecule has 2 aromatic carbocycles. The Labute approximate surface area is 268 Å². The molecule has 1 fully saturated rings. The lowest BCUT2D eigenvalue weighted by atomic mass is 10.0. The van der Waals surface area contributed by atoms with E-state index in [1.807, 2.05) is 67.6 Å². The SMILES string of the molecule is CCN1CC(=O)N[C@H]2CCN(Cc3cc(-c4cccnc4)no3)C[C@@H]2OCc2cccc(c2)Oc2cc(ccc2OC)CCC1=O. The van der Waals surface area contributed by atoms with Gasteiger partial charge in [-0.15, -0.1) is 0 Å².